The zero-order valence-electron chi connectivity index (χ0n) is 10.3. The van der Waals surface area contributed by atoms with Crippen molar-refractivity contribution in [2.24, 2.45) is 0 Å². The lowest BCUT2D eigenvalue weighted by Crippen LogP contribution is -2.34. The molecule has 0 saturated heterocycles. The van der Waals surface area contributed by atoms with E-state index in [9.17, 15) is 13.2 Å². The van der Waals surface area contributed by atoms with Crippen molar-refractivity contribution in [3.05, 3.63) is 23.8 Å². The van der Waals surface area contributed by atoms with Gasteiger partial charge in [0.05, 0.1) is 16.5 Å². The van der Waals surface area contributed by atoms with Crippen LogP contribution in [0.1, 0.15) is 23.7 Å². The van der Waals surface area contributed by atoms with Crippen molar-refractivity contribution in [3.63, 3.8) is 0 Å². The van der Waals surface area contributed by atoms with Gasteiger partial charge < -0.3 is 10.8 Å². The Morgan fingerprint density at radius 1 is 1.58 bits per heavy atom. The van der Waals surface area contributed by atoms with E-state index in [1.165, 1.54) is 6.07 Å². The molecular weight excluding hydrogens is 268 g/mol. The van der Waals surface area contributed by atoms with Gasteiger partial charge in [0, 0.05) is 5.69 Å². The van der Waals surface area contributed by atoms with Crippen LogP contribution < -0.4 is 10.5 Å². The van der Waals surface area contributed by atoms with Gasteiger partial charge in [-0.3, -0.25) is 0 Å². The molecule has 0 aliphatic carbocycles. The van der Waals surface area contributed by atoms with Gasteiger partial charge >= 0.3 is 5.97 Å². The SMILES string of the molecule is C#CC(CC)NS(=O)(=O)c1ccc(N)cc1C(=O)O. The summed E-state index contributed by atoms with van der Waals surface area (Å²) in [6.07, 6.45) is 5.57. The van der Waals surface area contributed by atoms with Gasteiger partial charge in [-0.2, -0.15) is 4.72 Å². The highest BCUT2D eigenvalue weighted by molar-refractivity contribution is 7.89. The predicted molar refractivity (Wildman–Crippen MR) is 71.0 cm³/mol. The van der Waals surface area contributed by atoms with Crippen molar-refractivity contribution >= 4 is 21.7 Å². The molecule has 0 radical (unpaired) electrons. The number of carboxylic acid groups (broad SMARTS) is 1. The molecule has 7 heteroatoms. The number of nitrogens with one attached hydrogen (secondary N) is 1. The van der Waals surface area contributed by atoms with Gasteiger partial charge in [-0.05, 0) is 24.6 Å². The summed E-state index contributed by atoms with van der Waals surface area (Å²) in [5, 5.41) is 9.01. The molecule has 0 aliphatic heterocycles. The quantitative estimate of drug-likeness (QED) is 0.543. The predicted octanol–water partition coefficient (Wildman–Crippen LogP) is 0.657. The zero-order valence-corrected chi connectivity index (χ0v) is 11.1. The second kappa shape index (κ2) is 5.73. The minimum Gasteiger partial charge on any atom is -0.478 e. The number of sulfonamides is 1. The van der Waals surface area contributed by atoms with Crippen LogP contribution in [0.3, 0.4) is 0 Å². The third-order valence-electron chi connectivity index (χ3n) is 2.43. The number of terminal acetylenes is 1. The second-order valence-electron chi connectivity index (χ2n) is 3.81. The third kappa shape index (κ3) is 3.47. The molecule has 0 fully saturated rings. The maximum atomic E-state index is 12.1. The number of anilines is 1. The zero-order chi connectivity index (χ0) is 14.6. The summed E-state index contributed by atoms with van der Waals surface area (Å²) in [5.74, 6) is 0.902. The van der Waals surface area contributed by atoms with E-state index in [1.807, 2.05) is 0 Å². The van der Waals surface area contributed by atoms with Crippen LogP contribution in [-0.4, -0.2) is 25.5 Å². The van der Waals surface area contributed by atoms with E-state index in [1.54, 1.807) is 6.92 Å². The molecule has 0 heterocycles. The van der Waals surface area contributed by atoms with Crippen LogP contribution in [0, 0.1) is 12.3 Å². The number of benzene rings is 1. The third-order valence-corrected chi connectivity index (χ3v) is 3.96. The van der Waals surface area contributed by atoms with Gasteiger partial charge in [0.1, 0.15) is 0 Å². The van der Waals surface area contributed by atoms with Crippen molar-refractivity contribution < 1.29 is 18.3 Å². The van der Waals surface area contributed by atoms with Crippen LogP contribution >= 0.6 is 0 Å². The molecular formula is C12H14N2O4S. The smallest absolute Gasteiger partial charge is 0.337 e. The Hall–Kier alpha value is -2.04. The molecule has 1 rings (SSSR count). The first kappa shape index (κ1) is 15.0. The van der Waals surface area contributed by atoms with Crippen molar-refractivity contribution in [3.8, 4) is 12.3 Å². The molecule has 1 aromatic rings. The van der Waals surface area contributed by atoms with Crippen LogP contribution in [0.2, 0.25) is 0 Å². The van der Waals surface area contributed by atoms with Crippen LogP contribution in [0.15, 0.2) is 23.1 Å². The topological polar surface area (TPSA) is 109 Å². The van der Waals surface area contributed by atoms with Crippen molar-refractivity contribution in [2.45, 2.75) is 24.3 Å². The average Bonchev–Trinajstić information content (AvgIpc) is 2.35. The van der Waals surface area contributed by atoms with E-state index in [0.29, 0.717) is 6.42 Å². The fraction of sp³-hybridized carbons (Fsp3) is 0.250. The van der Waals surface area contributed by atoms with Crippen molar-refractivity contribution in [1.82, 2.24) is 4.72 Å². The van der Waals surface area contributed by atoms with Crippen LogP contribution in [0.25, 0.3) is 0 Å². The molecule has 1 atom stereocenters. The highest BCUT2D eigenvalue weighted by Gasteiger charge is 2.24. The average molecular weight is 282 g/mol. The number of hydrogen-bond donors (Lipinski definition) is 3. The highest BCUT2D eigenvalue weighted by Crippen LogP contribution is 2.19. The maximum absolute atomic E-state index is 12.1. The van der Waals surface area contributed by atoms with Crippen LogP contribution in [-0.2, 0) is 10.0 Å². The maximum Gasteiger partial charge on any atom is 0.337 e. The molecule has 0 spiro atoms. The van der Waals surface area contributed by atoms with E-state index < -0.39 is 22.0 Å². The Labute approximate surface area is 111 Å². The normalized spacial score (nSPS) is 12.6. The number of nitrogen functional groups attached to an aromatic ring is 1. The van der Waals surface area contributed by atoms with E-state index in [0.717, 1.165) is 12.1 Å². The summed E-state index contributed by atoms with van der Waals surface area (Å²) in [6, 6.07) is 2.86. The number of hydrogen-bond acceptors (Lipinski definition) is 4. The molecule has 102 valence electrons. The van der Waals surface area contributed by atoms with E-state index in [-0.39, 0.29) is 16.1 Å². The summed E-state index contributed by atoms with van der Waals surface area (Å²) in [5.41, 5.74) is 5.23. The number of aromatic carboxylic acids is 1. The first-order chi connectivity index (χ1) is 8.81. The molecule has 0 aliphatic rings. The lowest BCUT2D eigenvalue weighted by atomic mass is 10.2. The van der Waals surface area contributed by atoms with Crippen molar-refractivity contribution in [1.29, 1.82) is 0 Å². The number of rotatable bonds is 5. The number of carboxylic acids is 1. The molecule has 4 N–H and O–H groups in total. The van der Waals surface area contributed by atoms with Gasteiger partial charge in [-0.1, -0.05) is 12.8 Å². The summed E-state index contributed by atoms with van der Waals surface area (Å²) >= 11 is 0. The van der Waals surface area contributed by atoms with Gasteiger partial charge in [-0.25, -0.2) is 13.2 Å². The Morgan fingerprint density at radius 2 is 2.21 bits per heavy atom. The first-order valence-electron chi connectivity index (χ1n) is 5.43. The van der Waals surface area contributed by atoms with E-state index in [4.69, 9.17) is 17.3 Å². The highest BCUT2D eigenvalue weighted by atomic mass is 32.2. The summed E-state index contributed by atoms with van der Waals surface area (Å²) in [7, 11) is -4.01. The monoisotopic (exact) mass is 282 g/mol. The standard InChI is InChI=1S/C12H14N2O4S/c1-3-9(4-2)14-19(17,18)11-6-5-8(13)7-10(11)12(15)16/h1,5-7,9,14H,4,13H2,2H3,(H,15,16). The summed E-state index contributed by atoms with van der Waals surface area (Å²) < 4.78 is 26.4. The molecule has 0 saturated carbocycles. The molecule has 1 unspecified atom stereocenters. The molecule has 1 aromatic carbocycles. The fourth-order valence-corrected chi connectivity index (χ4v) is 2.85. The number of nitrogens with two attached hydrogens (primary N) is 1. The van der Waals surface area contributed by atoms with Crippen molar-refractivity contribution in [2.75, 3.05) is 5.73 Å². The second-order valence-corrected chi connectivity index (χ2v) is 5.49. The van der Waals surface area contributed by atoms with E-state index >= 15 is 0 Å². The number of carbonyl (C=O) groups is 1. The molecule has 0 bridgehead atoms. The fourth-order valence-electron chi connectivity index (χ4n) is 1.44. The Kier molecular flexibility index (Phi) is 4.53. The largest absolute Gasteiger partial charge is 0.478 e. The van der Waals surface area contributed by atoms with Gasteiger partial charge in [0.15, 0.2) is 0 Å². The summed E-state index contributed by atoms with van der Waals surface area (Å²) in [6.45, 7) is 1.72. The molecule has 6 nitrogen and oxygen atoms in total. The van der Waals surface area contributed by atoms with Crippen LogP contribution in [0.4, 0.5) is 5.69 Å². The molecule has 0 aromatic heterocycles. The summed E-state index contributed by atoms with van der Waals surface area (Å²) in [4.78, 5) is 10.7. The Balaban J connectivity index is 3.30. The minimum absolute atomic E-state index is 0.167. The molecule has 0 amide bonds. The molecule has 19 heavy (non-hydrogen) atoms. The first-order valence-corrected chi connectivity index (χ1v) is 6.91. The van der Waals surface area contributed by atoms with E-state index in [2.05, 4.69) is 10.6 Å². The Morgan fingerprint density at radius 3 is 2.68 bits per heavy atom. The minimum atomic E-state index is -4.01. The lowest BCUT2D eigenvalue weighted by molar-refractivity contribution is 0.0692. The lowest BCUT2D eigenvalue weighted by Gasteiger charge is -2.13. The van der Waals surface area contributed by atoms with Gasteiger partial charge in [-0.15, -0.1) is 6.42 Å². The van der Waals surface area contributed by atoms with Gasteiger partial charge in [0.25, 0.3) is 0 Å². The Bertz CT molecular complexity index is 632. The van der Waals surface area contributed by atoms with Gasteiger partial charge in [0.2, 0.25) is 10.0 Å². The van der Waals surface area contributed by atoms with Crippen LogP contribution in [0.5, 0.6) is 0 Å².